The average Bonchev–Trinajstić information content (AvgIpc) is 3.33. The SMILES string of the molecule is CCCCNC(=O)c1cc(-c2csc(-c3ccnc(CC)c3)n2)n(CC(C)C)c1C. The van der Waals surface area contributed by atoms with E-state index in [2.05, 4.69) is 54.0 Å². The molecule has 3 heterocycles. The first-order valence-electron chi connectivity index (χ1n) is 10.8. The van der Waals surface area contributed by atoms with E-state index in [4.69, 9.17) is 4.98 Å². The van der Waals surface area contributed by atoms with E-state index >= 15 is 0 Å². The average molecular weight is 425 g/mol. The van der Waals surface area contributed by atoms with Crippen LogP contribution in [0.4, 0.5) is 0 Å². The molecule has 6 heteroatoms. The van der Waals surface area contributed by atoms with Crippen LogP contribution in [-0.4, -0.2) is 27.0 Å². The van der Waals surface area contributed by atoms with Gasteiger partial charge in [0, 0.05) is 41.6 Å². The molecular formula is C24H32N4OS. The zero-order valence-corrected chi connectivity index (χ0v) is 19.5. The number of hydrogen-bond donors (Lipinski definition) is 1. The quantitative estimate of drug-likeness (QED) is 0.446. The van der Waals surface area contributed by atoms with Crippen molar-refractivity contribution in [2.24, 2.45) is 5.92 Å². The lowest BCUT2D eigenvalue weighted by Crippen LogP contribution is -2.24. The fourth-order valence-corrected chi connectivity index (χ4v) is 4.30. The fraction of sp³-hybridized carbons (Fsp3) is 0.458. The summed E-state index contributed by atoms with van der Waals surface area (Å²) in [7, 11) is 0. The highest BCUT2D eigenvalue weighted by Gasteiger charge is 2.20. The van der Waals surface area contributed by atoms with Crippen LogP contribution in [0.5, 0.6) is 0 Å². The standard InChI is InChI=1S/C24H32N4OS/c1-6-8-10-26-23(29)20-13-22(28(17(20)5)14-16(3)4)21-15-30-24(27-21)18-9-11-25-19(7-2)12-18/h9,11-13,15-16H,6-8,10,14H2,1-5H3,(H,26,29). The van der Waals surface area contributed by atoms with Crippen LogP contribution in [0.1, 0.15) is 62.3 Å². The maximum absolute atomic E-state index is 12.8. The molecule has 0 aliphatic rings. The van der Waals surface area contributed by atoms with Crippen LogP contribution in [0.2, 0.25) is 0 Å². The molecule has 0 bridgehead atoms. The molecule has 0 spiro atoms. The fourth-order valence-electron chi connectivity index (χ4n) is 3.49. The largest absolute Gasteiger partial charge is 0.352 e. The first-order chi connectivity index (χ1) is 14.4. The van der Waals surface area contributed by atoms with Crippen LogP contribution >= 0.6 is 11.3 Å². The van der Waals surface area contributed by atoms with Crippen molar-refractivity contribution in [3.8, 4) is 22.0 Å². The molecule has 0 saturated heterocycles. The summed E-state index contributed by atoms with van der Waals surface area (Å²) in [6.07, 6.45) is 4.80. The van der Waals surface area contributed by atoms with E-state index in [1.54, 1.807) is 11.3 Å². The van der Waals surface area contributed by atoms with E-state index in [-0.39, 0.29) is 5.91 Å². The van der Waals surface area contributed by atoms with Crippen LogP contribution < -0.4 is 5.32 Å². The van der Waals surface area contributed by atoms with Gasteiger partial charge < -0.3 is 9.88 Å². The molecule has 3 aromatic heterocycles. The molecule has 0 aromatic carbocycles. The number of aromatic nitrogens is 3. The summed E-state index contributed by atoms with van der Waals surface area (Å²) in [4.78, 5) is 22.1. The Labute approximate surface area is 183 Å². The van der Waals surface area contributed by atoms with Crippen LogP contribution in [0.3, 0.4) is 0 Å². The van der Waals surface area contributed by atoms with E-state index in [0.717, 1.165) is 64.7 Å². The lowest BCUT2D eigenvalue weighted by molar-refractivity contribution is 0.0952. The number of thiazole rings is 1. The zero-order valence-electron chi connectivity index (χ0n) is 18.7. The van der Waals surface area contributed by atoms with Crippen molar-refractivity contribution >= 4 is 17.2 Å². The molecular weight excluding hydrogens is 392 g/mol. The van der Waals surface area contributed by atoms with E-state index in [1.807, 2.05) is 25.3 Å². The summed E-state index contributed by atoms with van der Waals surface area (Å²) >= 11 is 1.63. The highest BCUT2D eigenvalue weighted by Crippen LogP contribution is 2.32. The third kappa shape index (κ3) is 4.98. The second-order valence-corrected chi connectivity index (χ2v) is 8.93. The van der Waals surface area contributed by atoms with Gasteiger partial charge in [0.05, 0.1) is 17.0 Å². The monoisotopic (exact) mass is 424 g/mol. The summed E-state index contributed by atoms with van der Waals surface area (Å²) in [6, 6.07) is 6.11. The van der Waals surface area contributed by atoms with Crippen LogP contribution in [-0.2, 0) is 13.0 Å². The smallest absolute Gasteiger partial charge is 0.253 e. The maximum Gasteiger partial charge on any atom is 0.253 e. The number of nitrogens with zero attached hydrogens (tertiary/aromatic N) is 3. The van der Waals surface area contributed by atoms with Crippen molar-refractivity contribution in [1.82, 2.24) is 19.9 Å². The Balaban J connectivity index is 1.97. The molecule has 3 aromatic rings. The Kier molecular flexibility index (Phi) is 7.43. The normalized spacial score (nSPS) is 11.3. The van der Waals surface area contributed by atoms with E-state index in [0.29, 0.717) is 12.5 Å². The lowest BCUT2D eigenvalue weighted by Gasteiger charge is -2.13. The number of carbonyl (C=O) groups excluding carboxylic acids is 1. The Morgan fingerprint density at radius 2 is 2.07 bits per heavy atom. The predicted octanol–water partition coefficient (Wildman–Crippen LogP) is 5.73. The van der Waals surface area contributed by atoms with Crippen molar-refractivity contribution in [3.05, 3.63) is 46.7 Å². The number of amides is 1. The van der Waals surface area contributed by atoms with E-state index in [1.165, 1.54) is 0 Å². The molecule has 1 N–H and O–H groups in total. The number of hydrogen-bond acceptors (Lipinski definition) is 4. The highest BCUT2D eigenvalue weighted by molar-refractivity contribution is 7.13. The Bertz CT molecular complexity index is 1000. The number of nitrogens with one attached hydrogen (secondary N) is 1. The van der Waals surface area contributed by atoms with Crippen LogP contribution in [0.15, 0.2) is 29.8 Å². The number of rotatable bonds is 9. The van der Waals surface area contributed by atoms with Gasteiger partial charge in [-0.2, -0.15) is 0 Å². The van der Waals surface area contributed by atoms with Gasteiger partial charge in [-0.3, -0.25) is 9.78 Å². The molecule has 0 unspecified atom stereocenters. The summed E-state index contributed by atoms with van der Waals surface area (Å²) in [5.41, 5.74) is 5.83. The van der Waals surface area contributed by atoms with Crippen molar-refractivity contribution < 1.29 is 4.79 Å². The number of pyridine rings is 1. The number of unbranched alkanes of at least 4 members (excludes halogenated alkanes) is 1. The number of carbonyl (C=O) groups is 1. The summed E-state index contributed by atoms with van der Waals surface area (Å²) in [5.74, 6) is 0.471. The Morgan fingerprint density at radius 1 is 1.27 bits per heavy atom. The molecule has 1 amide bonds. The molecule has 0 atom stereocenters. The second kappa shape index (κ2) is 10.0. The molecule has 30 heavy (non-hydrogen) atoms. The molecule has 0 saturated carbocycles. The molecule has 3 rings (SSSR count). The van der Waals surface area contributed by atoms with Gasteiger partial charge in [-0.05, 0) is 43.9 Å². The summed E-state index contributed by atoms with van der Waals surface area (Å²) in [5, 5.41) is 6.12. The van der Waals surface area contributed by atoms with Crippen molar-refractivity contribution in [2.75, 3.05) is 6.54 Å². The van der Waals surface area contributed by atoms with Crippen LogP contribution in [0, 0.1) is 12.8 Å². The molecule has 0 aliphatic heterocycles. The highest BCUT2D eigenvalue weighted by atomic mass is 32.1. The molecule has 0 radical (unpaired) electrons. The number of aryl methyl sites for hydroxylation is 1. The van der Waals surface area contributed by atoms with E-state index in [9.17, 15) is 4.79 Å². The molecule has 0 fully saturated rings. The van der Waals surface area contributed by atoms with Crippen LogP contribution in [0.25, 0.3) is 22.0 Å². The molecule has 0 aliphatic carbocycles. The summed E-state index contributed by atoms with van der Waals surface area (Å²) < 4.78 is 2.24. The third-order valence-corrected chi connectivity index (χ3v) is 6.06. The lowest BCUT2D eigenvalue weighted by atomic mass is 10.2. The van der Waals surface area contributed by atoms with Gasteiger partial charge in [0.25, 0.3) is 5.91 Å². The Hall–Kier alpha value is -2.47. The van der Waals surface area contributed by atoms with Gasteiger partial charge in [-0.15, -0.1) is 11.3 Å². The van der Waals surface area contributed by atoms with Gasteiger partial charge >= 0.3 is 0 Å². The maximum atomic E-state index is 12.8. The third-order valence-electron chi connectivity index (χ3n) is 5.17. The Morgan fingerprint density at radius 3 is 2.77 bits per heavy atom. The van der Waals surface area contributed by atoms with Gasteiger partial charge in [0.1, 0.15) is 5.01 Å². The van der Waals surface area contributed by atoms with Gasteiger partial charge in [0.15, 0.2) is 0 Å². The molecule has 160 valence electrons. The first kappa shape index (κ1) is 22.2. The van der Waals surface area contributed by atoms with Crippen molar-refractivity contribution in [1.29, 1.82) is 0 Å². The molecule has 5 nitrogen and oxygen atoms in total. The van der Waals surface area contributed by atoms with Gasteiger partial charge in [-0.1, -0.05) is 34.1 Å². The minimum absolute atomic E-state index is 0.00174. The van der Waals surface area contributed by atoms with Crippen molar-refractivity contribution in [3.63, 3.8) is 0 Å². The van der Waals surface area contributed by atoms with Gasteiger partial charge in [-0.25, -0.2) is 4.98 Å². The first-order valence-corrected chi connectivity index (χ1v) is 11.7. The minimum atomic E-state index is 0.00174. The minimum Gasteiger partial charge on any atom is -0.352 e. The predicted molar refractivity (Wildman–Crippen MR) is 125 cm³/mol. The van der Waals surface area contributed by atoms with E-state index < -0.39 is 0 Å². The zero-order chi connectivity index (χ0) is 21.7. The summed E-state index contributed by atoms with van der Waals surface area (Å²) in [6.45, 7) is 12.2. The van der Waals surface area contributed by atoms with Gasteiger partial charge in [0.2, 0.25) is 0 Å². The second-order valence-electron chi connectivity index (χ2n) is 8.07. The van der Waals surface area contributed by atoms with Crippen molar-refractivity contribution in [2.45, 2.75) is 60.4 Å². The topological polar surface area (TPSA) is 59.8 Å².